The summed E-state index contributed by atoms with van der Waals surface area (Å²) in [5.74, 6) is 0. The van der Waals surface area contributed by atoms with Gasteiger partial charge in [-0.05, 0) is 16.7 Å². The van der Waals surface area contributed by atoms with Crippen LogP contribution >= 0.6 is 0 Å². The zero-order valence-electron chi connectivity index (χ0n) is 17.9. The molecule has 0 N–H and O–H groups in total. The van der Waals surface area contributed by atoms with Gasteiger partial charge in [0.15, 0.2) is 6.29 Å². The molecule has 166 valence electrons. The molecule has 2 heterocycles. The summed E-state index contributed by atoms with van der Waals surface area (Å²) >= 11 is 0. The Hall–Kier alpha value is -2.54. The van der Waals surface area contributed by atoms with E-state index in [2.05, 4.69) is 36.4 Å². The van der Waals surface area contributed by atoms with Crippen molar-refractivity contribution in [3.8, 4) is 0 Å². The molecule has 2 bridgehead atoms. The van der Waals surface area contributed by atoms with E-state index in [0.29, 0.717) is 26.4 Å². The molecule has 2 fully saturated rings. The quantitative estimate of drug-likeness (QED) is 0.498. The van der Waals surface area contributed by atoms with Crippen LogP contribution in [0.1, 0.15) is 16.7 Å². The van der Waals surface area contributed by atoms with Gasteiger partial charge in [0.05, 0.1) is 26.4 Å². The predicted molar refractivity (Wildman–Crippen MR) is 120 cm³/mol. The molecule has 5 heteroatoms. The van der Waals surface area contributed by atoms with E-state index < -0.39 is 6.29 Å². The second-order valence-electron chi connectivity index (χ2n) is 8.16. The Morgan fingerprint density at radius 3 is 1.59 bits per heavy atom. The molecule has 5 atom stereocenters. The third kappa shape index (κ3) is 5.09. The highest BCUT2D eigenvalue weighted by Gasteiger charge is 2.54. The molecule has 2 saturated heterocycles. The normalized spacial score (nSPS) is 26.8. The van der Waals surface area contributed by atoms with Crippen LogP contribution in [0.3, 0.4) is 0 Å². The van der Waals surface area contributed by atoms with Gasteiger partial charge in [0.25, 0.3) is 0 Å². The van der Waals surface area contributed by atoms with Crippen LogP contribution < -0.4 is 0 Å². The van der Waals surface area contributed by atoms with E-state index in [4.69, 9.17) is 23.7 Å². The molecule has 3 aromatic carbocycles. The van der Waals surface area contributed by atoms with Crippen molar-refractivity contribution in [2.75, 3.05) is 6.61 Å². The molecular weight excluding hydrogens is 404 g/mol. The number of hydrogen-bond donors (Lipinski definition) is 0. The van der Waals surface area contributed by atoms with E-state index in [1.165, 1.54) is 0 Å². The van der Waals surface area contributed by atoms with Crippen molar-refractivity contribution in [2.24, 2.45) is 0 Å². The van der Waals surface area contributed by atoms with Gasteiger partial charge in [-0.15, -0.1) is 0 Å². The van der Waals surface area contributed by atoms with Gasteiger partial charge in [0.1, 0.15) is 24.4 Å². The summed E-state index contributed by atoms with van der Waals surface area (Å²) in [5.41, 5.74) is 3.33. The summed E-state index contributed by atoms with van der Waals surface area (Å²) < 4.78 is 31.1. The summed E-state index contributed by atoms with van der Waals surface area (Å²) in [6.07, 6.45) is -1.54. The maximum Gasteiger partial charge on any atom is 0.187 e. The maximum absolute atomic E-state index is 6.38. The van der Waals surface area contributed by atoms with Crippen LogP contribution in [-0.4, -0.2) is 37.3 Å². The lowest BCUT2D eigenvalue weighted by Crippen LogP contribution is -2.44. The largest absolute Gasteiger partial charge is 0.368 e. The average molecular weight is 433 g/mol. The smallest absolute Gasteiger partial charge is 0.187 e. The summed E-state index contributed by atoms with van der Waals surface area (Å²) in [5, 5.41) is 0. The number of ether oxygens (including phenoxy) is 5. The molecule has 32 heavy (non-hydrogen) atoms. The predicted octanol–water partition coefficient (Wildman–Crippen LogP) is 4.50. The molecule has 0 saturated carbocycles. The molecule has 0 aromatic heterocycles. The Morgan fingerprint density at radius 1 is 0.594 bits per heavy atom. The van der Waals surface area contributed by atoms with Crippen molar-refractivity contribution in [1.82, 2.24) is 0 Å². The van der Waals surface area contributed by atoms with Gasteiger partial charge in [-0.3, -0.25) is 0 Å². The molecule has 0 aliphatic carbocycles. The third-order valence-corrected chi connectivity index (χ3v) is 5.88. The molecule has 2 aliphatic heterocycles. The van der Waals surface area contributed by atoms with Crippen molar-refractivity contribution in [1.29, 1.82) is 0 Å². The topological polar surface area (TPSA) is 46.2 Å². The third-order valence-electron chi connectivity index (χ3n) is 5.88. The van der Waals surface area contributed by atoms with Gasteiger partial charge in [0.2, 0.25) is 0 Å². The van der Waals surface area contributed by atoms with Crippen LogP contribution in [0.5, 0.6) is 0 Å². The lowest BCUT2D eigenvalue weighted by molar-refractivity contribution is -0.249. The van der Waals surface area contributed by atoms with E-state index in [1.54, 1.807) is 0 Å². The minimum atomic E-state index is -0.457. The lowest BCUT2D eigenvalue weighted by atomic mass is 10.1. The SMILES string of the molecule is c1ccc(CO[C@@H]2[C@@H](OCc3ccccc3)[C@@H]3OC[C@@H](OCc4ccccc4)[C@H]2O3)cc1. The monoisotopic (exact) mass is 432 g/mol. The van der Waals surface area contributed by atoms with E-state index in [9.17, 15) is 0 Å². The minimum absolute atomic E-state index is 0.224. The zero-order chi connectivity index (χ0) is 21.6. The van der Waals surface area contributed by atoms with E-state index in [1.807, 2.05) is 54.6 Å². The van der Waals surface area contributed by atoms with Crippen LogP contribution in [0.4, 0.5) is 0 Å². The van der Waals surface area contributed by atoms with Crippen LogP contribution in [0.2, 0.25) is 0 Å². The lowest BCUT2D eigenvalue weighted by Gasteiger charge is -2.30. The first-order chi connectivity index (χ1) is 15.9. The molecule has 5 nitrogen and oxygen atoms in total. The Labute approximate surface area is 188 Å². The van der Waals surface area contributed by atoms with Gasteiger partial charge in [-0.2, -0.15) is 0 Å². The number of fused-ring (bicyclic) bond motifs is 2. The molecule has 3 aromatic rings. The number of benzene rings is 3. The second kappa shape index (κ2) is 10.4. The second-order valence-corrected chi connectivity index (χ2v) is 8.16. The van der Waals surface area contributed by atoms with E-state index >= 15 is 0 Å². The Kier molecular flexibility index (Phi) is 6.92. The highest BCUT2D eigenvalue weighted by molar-refractivity contribution is 5.15. The van der Waals surface area contributed by atoms with Gasteiger partial charge < -0.3 is 23.7 Å². The van der Waals surface area contributed by atoms with Crippen LogP contribution in [0, 0.1) is 0 Å². The Balaban J connectivity index is 1.28. The molecule has 0 radical (unpaired) electrons. The van der Waals surface area contributed by atoms with Crippen LogP contribution in [0.15, 0.2) is 91.0 Å². The standard InChI is InChI=1S/C27H28O5/c1-4-10-20(11-5-1)16-28-23-19-31-27-26(30-18-22-14-8-3-9-15-22)25(24(23)32-27)29-17-21-12-6-2-7-13-21/h1-15,23-27H,16-19H2/t23-,24-,25+,26-,27-/m1/s1. The first-order valence-corrected chi connectivity index (χ1v) is 11.1. The fraction of sp³-hybridized carbons (Fsp3) is 0.333. The summed E-state index contributed by atoms with van der Waals surface area (Å²) in [4.78, 5) is 0. The highest BCUT2D eigenvalue weighted by Crippen LogP contribution is 2.36. The van der Waals surface area contributed by atoms with Gasteiger partial charge in [-0.1, -0.05) is 91.0 Å². The van der Waals surface area contributed by atoms with Gasteiger partial charge in [0, 0.05) is 0 Å². The minimum Gasteiger partial charge on any atom is -0.368 e. The Morgan fingerprint density at radius 2 is 1.06 bits per heavy atom. The Bertz CT molecular complexity index is 950. The molecule has 0 spiro atoms. The van der Waals surface area contributed by atoms with Gasteiger partial charge in [-0.25, -0.2) is 0 Å². The van der Waals surface area contributed by atoms with Crippen molar-refractivity contribution in [3.05, 3.63) is 108 Å². The van der Waals surface area contributed by atoms with Crippen LogP contribution in [-0.2, 0) is 43.5 Å². The van der Waals surface area contributed by atoms with E-state index in [-0.39, 0.29) is 24.4 Å². The number of rotatable bonds is 9. The van der Waals surface area contributed by atoms with E-state index in [0.717, 1.165) is 16.7 Å². The van der Waals surface area contributed by atoms with Crippen molar-refractivity contribution in [3.63, 3.8) is 0 Å². The van der Waals surface area contributed by atoms with Crippen molar-refractivity contribution < 1.29 is 23.7 Å². The summed E-state index contributed by atoms with van der Waals surface area (Å²) in [6, 6.07) is 30.4. The first kappa shape index (κ1) is 21.3. The summed E-state index contributed by atoms with van der Waals surface area (Å²) in [6.45, 7) is 1.91. The first-order valence-electron chi connectivity index (χ1n) is 11.1. The molecule has 2 aliphatic rings. The summed E-state index contributed by atoms with van der Waals surface area (Å²) in [7, 11) is 0. The highest BCUT2D eigenvalue weighted by atomic mass is 16.7. The fourth-order valence-corrected chi connectivity index (χ4v) is 4.19. The van der Waals surface area contributed by atoms with Gasteiger partial charge >= 0.3 is 0 Å². The molecule has 0 amide bonds. The average Bonchev–Trinajstić information content (AvgIpc) is 3.14. The molecular formula is C27H28O5. The number of hydrogen-bond acceptors (Lipinski definition) is 5. The zero-order valence-corrected chi connectivity index (χ0v) is 17.9. The van der Waals surface area contributed by atoms with Crippen LogP contribution in [0.25, 0.3) is 0 Å². The molecule has 0 unspecified atom stereocenters. The van der Waals surface area contributed by atoms with Crippen molar-refractivity contribution >= 4 is 0 Å². The maximum atomic E-state index is 6.38. The van der Waals surface area contributed by atoms with Crippen molar-refractivity contribution in [2.45, 2.75) is 50.5 Å². The fourth-order valence-electron chi connectivity index (χ4n) is 4.19. The molecule has 5 rings (SSSR count).